The van der Waals surface area contributed by atoms with Gasteiger partial charge in [0, 0.05) is 19.1 Å². The molecule has 2 aliphatic rings. The normalized spacial score (nSPS) is 28.9. The molecular formula is C14H29N3. The lowest BCUT2D eigenvalue weighted by Crippen LogP contribution is -2.40. The van der Waals surface area contributed by atoms with Crippen molar-refractivity contribution in [3.8, 4) is 0 Å². The maximum atomic E-state index is 3.48. The van der Waals surface area contributed by atoms with Gasteiger partial charge in [-0.3, -0.25) is 4.90 Å². The maximum Gasteiger partial charge on any atom is 0.0194 e. The van der Waals surface area contributed by atoms with E-state index in [1.165, 1.54) is 58.5 Å². The fraction of sp³-hybridized carbons (Fsp3) is 1.00. The summed E-state index contributed by atoms with van der Waals surface area (Å²) in [6.07, 6.45) is 4.21. The Hall–Kier alpha value is -0.120. The molecular weight excluding hydrogens is 210 g/mol. The molecule has 100 valence electrons. The molecule has 0 spiro atoms. The van der Waals surface area contributed by atoms with E-state index in [-0.39, 0.29) is 0 Å². The molecule has 0 bridgehead atoms. The van der Waals surface area contributed by atoms with Gasteiger partial charge in [0.25, 0.3) is 0 Å². The molecule has 2 rings (SSSR count). The summed E-state index contributed by atoms with van der Waals surface area (Å²) in [6, 6.07) is 0.760. The van der Waals surface area contributed by atoms with E-state index in [0.29, 0.717) is 0 Å². The lowest BCUT2D eigenvalue weighted by molar-refractivity contribution is 0.188. The van der Waals surface area contributed by atoms with Gasteiger partial charge in [0.05, 0.1) is 0 Å². The van der Waals surface area contributed by atoms with Crippen LogP contribution < -0.4 is 5.32 Å². The lowest BCUT2D eigenvalue weighted by atomic mass is 10.1. The quantitative estimate of drug-likeness (QED) is 0.756. The number of rotatable bonds is 6. The van der Waals surface area contributed by atoms with Gasteiger partial charge in [0.2, 0.25) is 0 Å². The third-order valence-corrected chi connectivity index (χ3v) is 4.34. The average molecular weight is 239 g/mol. The van der Waals surface area contributed by atoms with Gasteiger partial charge in [0.15, 0.2) is 0 Å². The highest BCUT2D eigenvalue weighted by Gasteiger charge is 2.25. The molecule has 2 heterocycles. The molecule has 3 heteroatoms. The van der Waals surface area contributed by atoms with Crippen molar-refractivity contribution in [1.82, 2.24) is 15.1 Å². The Bertz CT molecular complexity index is 214. The molecule has 0 radical (unpaired) electrons. The Balaban J connectivity index is 1.66. The molecule has 2 fully saturated rings. The molecule has 3 nitrogen and oxygen atoms in total. The Labute approximate surface area is 107 Å². The van der Waals surface area contributed by atoms with Crippen LogP contribution in [0.4, 0.5) is 0 Å². The minimum atomic E-state index is 0.760. The molecule has 2 saturated heterocycles. The number of nitrogens with one attached hydrogen (secondary N) is 1. The van der Waals surface area contributed by atoms with Crippen LogP contribution in [-0.4, -0.2) is 61.7 Å². The first-order valence-corrected chi connectivity index (χ1v) is 7.46. The standard InChI is InChI=1S/C14H29N3/c1-3-15-10-14-6-9-16(12-14)11-13(2)17-7-4-5-8-17/h13-15H,3-12H2,1-2H3. The van der Waals surface area contributed by atoms with Crippen molar-refractivity contribution < 1.29 is 0 Å². The van der Waals surface area contributed by atoms with Crippen molar-refractivity contribution in [1.29, 1.82) is 0 Å². The summed E-state index contributed by atoms with van der Waals surface area (Å²) in [6.45, 7) is 13.5. The summed E-state index contributed by atoms with van der Waals surface area (Å²) in [5.74, 6) is 0.890. The predicted octanol–water partition coefficient (Wildman–Crippen LogP) is 1.40. The van der Waals surface area contributed by atoms with Crippen LogP contribution in [0.25, 0.3) is 0 Å². The second-order valence-electron chi connectivity index (χ2n) is 5.81. The predicted molar refractivity (Wildman–Crippen MR) is 73.4 cm³/mol. The van der Waals surface area contributed by atoms with Crippen LogP contribution in [0.1, 0.15) is 33.1 Å². The van der Waals surface area contributed by atoms with Gasteiger partial charge in [-0.2, -0.15) is 0 Å². The average Bonchev–Trinajstić information content (AvgIpc) is 2.97. The molecule has 0 aromatic carbocycles. The van der Waals surface area contributed by atoms with Gasteiger partial charge in [-0.05, 0) is 64.8 Å². The van der Waals surface area contributed by atoms with Gasteiger partial charge in [-0.25, -0.2) is 0 Å². The Morgan fingerprint density at radius 2 is 2.00 bits per heavy atom. The number of hydrogen-bond acceptors (Lipinski definition) is 3. The first-order valence-electron chi connectivity index (χ1n) is 7.46. The van der Waals surface area contributed by atoms with Crippen LogP contribution >= 0.6 is 0 Å². The van der Waals surface area contributed by atoms with E-state index in [1.807, 2.05) is 0 Å². The third kappa shape index (κ3) is 3.94. The van der Waals surface area contributed by atoms with E-state index >= 15 is 0 Å². The molecule has 0 aromatic heterocycles. The van der Waals surface area contributed by atoms with Gasteiger partial charge >= 0.3 is 0 Å². The molecule has 2 aliphatic heterocycles. The summed E-state index contributed by atoms with van der Waals surface area (Å²) in [4.78, 5) is 5.34. The minimum absolute atomic E-state index is 0.760. The second-order valence-corrected chi connectivity index (χ2v) is 5.81. The van der Waals surface area contributed by atoms with Gasteiger partial charge in [-0.1, -0.05) is 6.92 Å². The Morgan fingerprint density at radius 3 is 2.71 bits per heavy atom. The number of likely N-dealkylation sites (tertiary alicyclic amines) is 2. The summed E-state index contributed by atoms with van der Waals surface area (Å²) in [5, 5.41) is 3.48. The van der Waals surface area contributed by atoms with Crippen molar-refractivity contribution in [3.63, 3.8) is 0 Å². The molecule has 2 atom stereocenters. The zero-order valence-corrected chi connectivity index (χ0v) is 11.6. The summed E-state index contributed by atoms with van der Waals surface area (Å²) < 4.78 is 0. The van der Waals surface area contributed by atoms with E-state index in [9.17, 15) is 0 Å². The SMILES string of the molecule is CCNCC1CCN(CC(C)N2CCCC2)C1. The number of hydrogen-bond donors (Lipinski definition) is 1. The van der Waals surface area contributed by atoms with Gasteiger partial charge in [0.1, 0.15) is 0 Å². The number of nitrogens with zero attached hydrogens (tertiary/aromatic N) is 2. The molecule has 0 aromatic rings. The van der Waals surface area contributed by atoms with E-state index < -0.39 is 0 Å². The van der Waals surface area contributed by atoms with Crippen molar-refractivity contribution in [3.05, 3.63) is 0 Å². The lowest BCUT2D eigenvalue weighted by Gasteiger charge is -2.28. The first kappa shape index (κ1) is 13.3. The van der Waals surface area contributed by atoms with Crippen LogP contribution in [0.5, 0.6) is 0 Å². The van der Waals surface area contributed by atoms with Crippen molar-refractivity contribution in [2.24, 2.45) is 5.92 Å². The molecule has 1 N–H and O–H groups in total. The molecule has 17 heavy (non-hydrogen) atoms. The highest BCUT2D eigenvalue weighted by atomic mass is 15.2. The van der Waals surface area contributed by atoms with Crippen molar-refractivity contribution in [2.75, 3.05) is 45.8 Å². The fourth-order valence-corrected chi connectivity index (χ4v) is 3.27. The minimum Gasteiger partial charge on any atom is -0.317 e. The van der Waals surface area contributed by atoms with E-state index in [2.05, 4.69) is 29.0 Å². The molecule has 0 saturated carbocycles. The molecule has 0 amide bonds. The van der Waals surface area contributed by atoms with Crippen LogP contribution in [0, 0.1) is 5.92 Å². The van der Waals surface area contributed by atoms with E-state index in [1.54, 1.807) is 0 Å². The Morgan fingerprint density at radius 1 is 1.24 bits per heavy atom. The van der Waals surface area contributed by atoms with Crippen molar-refractivity contribution >= 4 is 0 Å². The van der Waals surface area contributed by atoms with Crippen LogP contribution in [0.15, 0.2) is 0 Å². The topological polar surface area (TPSA) is 18.5 Å². The molecule has 2 unspecified atom stereocenters. The van der Waals surface area contributed by atoms with Crippen LogP contribution in [-0.2, 0) is 0 Å². The highest BCUT2D eigenvalue weighted by Crippen LogP contribution is 2.18. The second kappa shape index (κ2) is 6.72. The van der Waals surface area contributed by atoms with Gasteiger partial charge in [-0.15, -0.1) is 0 Å². The van der Waals surface area contributed by atoms with Crippen molar-refractivity contribution in [2.45, 2.75) is 39.2 Å². The third-order valence-electron chi connectivity index (χ3n) is 4.34. The summed E-state index contributed by atoms with van der Waals surface area (Å²) in [7, 11) is 0. The van der Waals surface area contributed by atoms with Crippen LogP contribution in [0.3, 0.4) is 0 Å². The van der Waals surface area contributed by atoms with Crippen LogP contribution in [0.2, 0.25) is 0 Å². The largest absolute Gasteiger partial charge is 0.317 e. The fourth-order valence-electron chi connectivity index (χ4n) is 3.27. The highest BCUT2D eigenvalue weighted by molar-refractivity contribution is 4.82. The summed E-state index contributed by atoms with van der Waals surface area (Å²) >= 11 is 0. The summed E-state index contributed by atoms with van der Waals surface area (Å²) in [5.41, 5.74) is 0. The van der Waals surface area contributed by atoms with E-state index in [4.69, 9.17) is 0 Å². The van der Waals surface area contributed by atoms with E-state index in [0.717, 1.165) is 18.5 Å². The first-order chi connectivity index (χ1) is 8.29. The van der Waals surface area contributed by atoms with Gasteiger partial charge < -0.3 is 10.2 Å². The molecule has 0 aliphatic carbocycles. The zero-order chi connectivity index (χ0) is 12.1. The Kier molecular flexibility index (Phi) is 5.26. The monoisotopic (exact) mass is 239 g/mol. The smallest absolute Gasteiger partial charge is 0.0194 e. The zero-order valence-electron chi connectivity index (χ0n) is 11.6. The maximum absolute atomic E-state index is 3.48.